The summed E-state index contributed by atoms with van der Waals surface area (Å²) < 4.78 is 9.97. The molecule has 7 nitrogen and oxygen atoms in total. The minimum atomic E-state index is -0.732. The summed E-state index contributed by atoms with van der Waals surface area (Å²) in [6.07, 6.45) is 2.28. The van der Waals surface area contributed by atoms with E-state index >= 15 is 0 Å². The molecule has 1 fully saturated rings. The van der Waals surface area contributed by atoms with Crippen LogP contribution in [0.1, 0.15) is 29.6 Å². The predicted molar refractivity (Wildman–Crippen MR) is 83.4 cm³/mol. The molecule has 1 aromatic rings. The largest absolute Gasteiger partial charge is 0.464 e. The Morgan fingerprint density at radius 3 is 2.62 bits per heavy atom. The van der Waals surface area contributed by atoms with Crippen LogP contribution >= 0.6 is 0 Å². The van der Waals surface area contributed by atoms with E-state index in [2.05, 4.69) is 5.32 Å². The highest BCUT2D eigenvalue weighted by Crippen LogP contribution is 2.25. The van der Waals surface area contributed by atoms with Crippen LogP contribution in [0.5, 0.6) is 0 Å². The number of nitrogens with zero attached hydrogens (tertiary/aromatic N) is 1. The van der Waals surface area contributed by atoms with Gasteiger partial charge in [0.2, 0.25) is 5.76 Å². The number of benzene rings is 1. The summed E-state index contributed by atoms with van der Waals surface area (Å²) in [6, 6.07) is 8.29. The number of hydrogen-bond acceptors (Lipinski definition) is 6. The zero-order valence-corrected chi connectivity index (χ0v) is 13.3. The third kappa shape index (κ3) is 2.97. The molecule has 3 rings (SSSR count). The Labute approximate surface area is 139 Å². The fraction of sp³-hybridized carbons (Fsp3) is 0.353. The molecule has 1 aromatic carbocycles. The Balaban J connectivity index is 1.93. The molecule has 0 bridgehead atoms. The van der Waals surface area contributed by atoms with Gasteiger partial charge in [0, 0.05) is 6.54 Å². The lowest BCUT2D eigenvalue weighted by atomic mass is 10.0. The minimum Gasteiger partial charge on any atom is -0.464 e. The van der Waals surface area contributed by atoms with Crippen molar-refractivity contribution in [3.8, 4) is 0 Å². The zero-order chi connectivity index (χ0) is 17.1. The van der Waals surface area contributed by atoms with Gasteiger partial charge in [-0.2, -0.15) is 0 Å². The van der Waals surface area contributed by atoms with Gasteiger partial charge >= 0.3 is 11.9 Å². The number of carbonyl (C=O) groups excluding carboxylic acids is 3. The van der Waals surface area contributed by atoms with Crippen LogP contribution in [0, 0.1) is 0 Å². The van der Waals surface area contributed by atoms with Crippen molar-refractivity contribution in [1.82, 2.24) is 10.2 Å². The molecule has 2 heterocycles. The van der Waals surface area contributed by atoms with Crippen molar-refractivity contribution in [2.45, 2.75) is 25.4 Å². The van der Waals surface area contributed by atoms with Crippen molar-refractivity contribution >= 4 is 17.8 Å². The summed E-state index contributed by atoms with van der Waals surface area (Å²) in [5.41, 5.74) is 0.192. The molecule has 2 aliphatic heterocycles. The molecule has 0 aliphatic carbocycles. The highest BCUT2D eigenvalue weighted by molar-refractivity contribution is 6.05. The average Bonchev–Trinajstić information content (AvgIpc) is 2.63. The van der Waals surface area contributed by atoms with Gasteiger partial charge in [-0.25, -0.2) is 9.59 Å². The number of ether oxygens (including phenoxy) is 2. The first kappa shape index (κ1) is 16.0. The van der Waals surface area contributed by atoms with Crippen molar-refractivity contribution in [2.75, 3.05) is 13.7 Å². The van der Waals surface area contributed by atoms with Crippen LogP contribution in [-0.2, 0) is 19.1 Å². The second-order valence-corrected chi connectivity index (χ2v) is 5.61. The van der Waals surface area contributed by atoms with Crippen LogP contribution in [0.15, 0.2) is 41.8 Å². The molecule has 1 amide bonds. The number of esters is 2. The Morgan fingerprint density at radius 1 is 1.17 bits per heavy atom. The number of carbonyl (C=O) groups is 3. The summed E-state index contributed by atoms with van der Waals surface area (Å²) in [5.74, 6) is -2.21. The lowest BCUT2D eigenvalue weighted by Crippen LogP contribution is -2.57. The Bertz CT molecular complexity index is 698. The number of methoxy groups -OCH3 is 1. The molecule has 0 radical (unpaired) electrons. The van der Waals surface area contributed by atoms with E-state index in [-0.39, 0.29) is 17.6 Å². The van der Waals surface area contributed by atoms with Crippen LogP contribution in [0.3, 0.4) is 0 Å². The Morgan fingerprint density at radius 2 is 1.92 bits per heavy atom. The highest BCUT2D eigenvalue weighted by atomic mass is 16.6. The van der Waals surface area contributed by atoms with E-state index in [0.29, 0.717) is 12.1 Å². The molecule has 1 N–H and O–H groups in total. The maximum absolute atomic E-state index is 12.7. The lowest BCUT2D eigenvalue weighted by Gasteiger charge is -2.40. The number of fused-ring (bicyclic) bond motifs is 1. The summed E-state index contributed by atoms with van der Waals surface area (Å²) in [6.45, 7) is 0.553. The molecule has 1 atom stereocenters. The number of rotatable bonds is 3. The minimum absolute atomic E-state index is 0.102. The smallest absolute Gasteiger partial charge is 0.358 e. The molecule has 0 spiro atoms. The van der Waals surface area contributed by atoms with Gasteiger partial charge in [0.05, 0.1) is 12.7 Å². The molecule has 24 heavy (non-hydrogen) atoms. The Kier molecular flexibility index (Phi) is 4.50. The van der Waals surface area contributed by atoms with Gasteiger partial charge in [-0.15, -0.1) is 0 Å². The van der Waals surface area contributed by atoms with Crippen LogP contribution < -0.4 is 5.32 Å². The monoisotopic (exact) mass is 330 g/mol. The van der Waals surface area contributed by atoms with E-state index in [1.54, 1.807) is 35.2 Å². The maximum Gasteiger partial charge on any atom is 0.358 e. The topological polar surface area (TPSA) is 84.9 Å². The van der Waals surface area contributed by atoms with Crippen molar-refractivity contribution < 1.29 is 23.9 Å². The first-order chi connectivity index (χ1) is 11.6. The highest BCUT2D eigenvalue weighted by Gasteiger charge is 2.40. The molecular weight excluding hydrogens is 312 g/mol. The van der Waals surface area contributed by atoms with Crippen molar-refractivity contribution in [1.29, 1.82) is 0 Å². The number of amides is 1. The van der Waals surface area contributed by atoms with Crippen molar-refractivity contribution in [3.63, 3.8) is 0 Å². The SMILES string of the molecule is COC(=O)C1=C(OC(=O)c2ccccc2)C(=O)N2CCCCC2N1. The second-order valence-electron chi connectivity index (χ2n) is 5.61. The van der Waals surface area contributed by atoms with Crippen LogP contribution in [-0.4, -0.2) is 42.6 Å². The summed E-state index contributed by atoms with van der Waals surface area (Å²) in [4.78, 5) is 38.6. The quantitative estimate of drug-likeness (QED) is 0.838. The molecule has 7 heteroatoms. The first-order valence-corrected chi connectivity index (χ1v) is 7.79. The van der Waals surface area contributed by atoms with E-state index in [1.165, 1.54) is 7.11 Å². The van der Waals surface area contributed by atoms with Crippen LogP contribution in [0.2, 0.25) is 0 Å². The van der Waals surface area contributed by atoms with Crippen LogP contribution in [0.4, 0.5) is 0 Å². The van der Waals surface area contributed by atoms with Gasteiger partial charge < -0.3 is 19.7 Å². The average molecular weight is 330 g/mol. The second kappa shape index (κ2) is 6.74. The van der Waals surface area contributed by atoms with E-state index in [9.17, 15) is 14.4 Å². The maximum atomic E-state index is 12.7. The van der Waals surface area contributed by atoms with E-state index in [4.69, 9.17) is 9.47 Å². The van der Waals surface area contributed by atoms with E-state index < -0.39 is 17.8 Å². The molecule has 2 aliphatic rings. The van der Waals surface area contributed by atoms with Crippen LogP contribution in [0.25, 0.3) is 0 Å². The standard InChI is InChI=1S/C17H18N2O5/c1-23-17(22)13-14(24-16(21)11-7-3-2-4-8-11)15(20)19-10-6-5-9-12(19)18-13/h2-4,7-8,12,18H,5-6,9-10H2,1H3. The summed E-state index contributed by atoms with van der Waals surface area (Å²) in [5, 5.41) is 2.98. The number of nitrogens with one attached hydrogen (secondary N) is 1. The van der Waals surface area contributed by atoms with Crippen molar-refractivity contribution in [3.05, 3.63) is 47.4 Å². The summed E-state index contributed by atoms with van der Waals surface area (Å²) in [7, 11) is 1.21. The fourth-order valence-electron chi connectivity index (χ4n) is 2.87. The third-order valence-electron chi connectivity index (χ3n) is 4.09. The molecule has 0 saturated carbocycles. The van der Waals surface area contributed by atoms with Gasteiger partial charge in [0.25, 0.3) is 5.91 Å². The van der Waals surface area contributed by atoms with Gasteiger partial charge in [-0.05, 0) is 31.4 Å². The van der Waals surface area contributed by atoms with Gasteiger partial charge in [-0.3, -0.25) is 4.79 Å². The number of hydrogen-bond donors (Lipinski definition) is 1. The molecule has 126 valence electrons. The normalized spacial score (nSPS) is 20.1. The van der Waals surface area contributed by atoms with E-state index in [0.717, 1.165) is 19.3 Å². The molecule has 1 unspecified atom stereocenters. The van der Waals surface area contributed by atoms with Gasteiger partial charge in [-0.1, -0.05) is 18.2 Å². The zero-order valence-electron chi connectivity index (χ0n) is 13.3. The van der Waals surface area contributed by atoms with Gasteiger partial charge in [0.15, 0.2) is 5.70 Å². The molecular formula is C17H18N2O5. The number of piperidine rings is 1. The fourth-order valence-corrected chi connectivity index (χ4v) is 2.87. The van der Waals surface area contributed by atoms with Gasteiger partial charge in [0.1, 0.15) is 6.17 Å². The predicted octanol–water partition coefficient (Wildman–Crippen LogP) is 1.17. The lowest BCUT2D eigenvalue weighted by molar-refractivity contribution is -0.142. The molecule has 0 aromatic heterocycles. The summed E-state index contributed by atoms with van der Waals surface area (Å²) >= 11 is 0. The Hall–Kier alpha value is -2.83. The van der Waals surface area contributed by atoms with Crippen molar-refractivity contribution in [2.24, 2.45) is 0 Å². The third-order valence-corrected chi connectivity index (χ3v) is 4.09. The first-order valence-electron chi connectivity index (χ1n) is 7.79. The van der Waals surface area contributed by atoms with E-state index in [1.807, 2.05) is 0 Å². The molecule has 1 saturated heterocycles.